The molecule has 0 spiro atoms. The van der Waals surface area contributed by atoms with Gasteiger partial charge in [0.2, 0.25) is 6.54 Å². The summed E-state index contributed by atoms with van der Waals surface area (Å²) < 4.78 is 5.13. The van der Waals surface area contributed by atoms with Crippen LogP contribution in [-0.4, -0.2) is 16.6 Å². The number of carbonyl (C=O) groups is 1. The molecular weight excluding hydrogens is 248 g/mol. The highest BCUT2D eigenvalue weighted by molar-refractivity contribution is 5.85. The van der Waals surface area contributed by atoms with Crippen molar-refractivity contribution in [2.75, 3.05) is 5.32 Å². The predicted octanol–water partition coefficient (Wildman–Crippen LogP) is 3.12. The van der Waals surface area contributed by atoms with Gasteiger partial charge in [0, 0.05) is 16.2 Å². The molecule has 0 aromatic heterocycles. The number of carbonyl (C=O) groups excluding carboxylic acids is 1. The number of ether oxygens (including phenoxy) is 1. The molecule has 6 heteroatoms. The first-order valence-corrected chi connectivity index (χ1v) is 5.89. The summed E-state index contributed by atoms with van der Waals surface area (Å²) in [6, 6.07) is 4.93. The molecule has 0 aliphatic heterocycles. The average molecular weight is 266 g/mol. The molecule has 0 aliphatic rings. The summed E-state index contributed by atoms with van der Waals surface area (Å²) in [6.07, 6.45) is -0.544. The minimum atomic E-state index is -0.566. The number of rotatable bonds is 3. The van der Waals surface area contributed by atoms with E-state index in [-0.39, 0.29) is 6.54 Å². The molecule has 0 atom stereocenters. The van der Waals surface area contributed by atoms with Crippen LogP contribution < -0.4 is 5.32 Å². The topological polar surface area (TPSA) is 81.5 Å². The zero-order chi connectivity index (χ0) is 14.6. The Labute approximate surface area is 111 Å². The van der Waals surface area contributed by atoms with Gasteiger partial charge in [-0.2, -0.15) is 0 Å². The SMILES string of the molecule is Cc1cc(C[N+](=O)[O-])ccc1NC(=O)OC(C)(C)C. The van der Waals surface area contributed by atoms with Crippen LogP contribution in [0, 0.1) is 17.0 Å². The van der Waals surface area contributed by atoms with Gasteiger partial charge in [-0.25, -0.2) is 4.79 Å². The third-order valence-electron chi connectivity index (χ3n) is 2.24. The van der Waals surface area contributed by atoms with E-state index in [1.54, 1.807) is 45.9 Å². The van der Waals surface area contributed by atoms with E-state index in [0.29, 0.717) is 11.3 Å². The van der Waals surface area contributed by atoms with E-state index >= 15 is 0 Å². The van der Waals surface area contributed by atoms with Crippen LogP contribution in [0.5, 0.6) is 0 Å². The zero-order valence-corrected chi connectivity index (χ0v) is 11.5. The zero-order valence-electron chi connectivity index (χ0n) is 11.5. The average Bonchev–Trinajstić information content (AvgIpc) is 2.18. The number of nitrogens with one attached hydrogen (secondary N) is 1. The van der Waals surface area contributed by atoms with E-state index in [9.17, 15) is 14.9 Å². The number of benzene rings is 1. The van der Waals surface area contributed by atoms with Crippen molar-refractivity contribution in [2.24, 2.45) is 0 Å². The Balaban J connectivity index is 2.75. The Morgan fingerprint density at radius 3 is 2.53 bits per heavy atom. The summed E-state index contributed by atoms with van der Waals surface area (Å²) >= 11 is 0. The van der Waals surface area contributed by atoms with Gasteiger partial charge in [-0.15, -0.1) is 0 Å². The second-order valence-corrected chi connectivity index (χ2v) is 5.27. The van der Waals surface area contributed by atoms with E-state index in [0.717, 1.165) is 5.56 Å². The summed E-state index contributed by atoms with van der Waals surface area (Å²) in [5.41, 5.74) is 1.37. The minimum absolute atomic E-state index is 0.229. The molecule has 0 radical (unpaired) electrons. The fourth-order valence-corrected chi connectivity index (χ4v) is 1.53. The van der Waals surface area contributed by atoms with Gasteiger partial charge in [-0.05, 0) is 45.4 Å². The van der Waals surface area contributed by atoms with E-state index in [1.807, 2.05) is 0 Å². The molecule has 6 nitrogen and oxygen atoms in total. The Morgan fingerprint density at radius 2 is 2.05 bits per heavy atom. The van der Waals surface area contributed by atoms with Crippen molar-refractivity contribution in [3.63, 3.8) is 0 Å². The standard InChI is InChI=1S/C13H18N2O4/c1-9-7-10(8-15(17)18)5-6-11(9)14-12(16)19-13(2,3)4/h5-7H,8H2,1-4H3,(H,14,16). The van der Waals surface area contributed by atoms with Crippen LogP contribution in [0.15, 0.2) is 18.2 Å². The van der Waals surface area contributed by atoms with Crippen LogP contribution >= 0.6 is 0 Å². The smallest absolute Gasteiger partial charge is 0.412 e. The van der Waals surface area contributed by atoms with Crippen molar-refractivity contribution in [3.8, 4) is 0 Å². The van der Waals surface area contributed by atoms with Gasteiger partial charge in [-0.3, -0.25) is 15.4 Å². The fraction of sp³-hybridized carbons (Fsp3) is 0.462. The Kier molecular flexibility index (Phi) is 4.47. The predicted molar refractivity (Wildman–Crippen MR) is 71.7 cm³/mol. The van der Waals surface area contributed by atoms with Crippen LogP contribution in [0.4, 0.5) is 10.5 Å². The molecule has 1 aromatic rings. The van der Waals surface area contributed by atoms with Gasteiger partial charge in [0.1, 0.15) is 5.60 Å². The molecule has 0 saturated heterocycles. The third-order valence-corrected chi connectivity index (χ3v) is 2.24. The number of aryl methyl sites for hydroxylation is 1. The fourth-order valence-electron chi connectivity index (χ4n) is 1.53. The number of nitrogens with zero attached hydrogens (tertiary/aromatic N) is 1. The molecule has 1 N–H and O–H groups in total. The summed E-state index contributed by atoms with van der Waals surface area (Å²) in [5.74, 6) is 0. The van der Waals surface area contributed by atoms with E-state index < -0.39 is 16.6 Å². The van der Waals surface area contributed by atoms with Crippen LogP contribution in [0.1, 0.15) is 31.9 Å². The van der Waals surface area contributed by atoms with Gasteiger partial charge in [0.05, 0.1) is 0 Å². The maximum absolute atomic E-state index is 11.6. The molecule has 0 saturated carbocycles. The minimum Gasteiger partial charge on any atom is -0.444 e. The summed E-state index contributed by atoms with van der Waals surface area (Å²) in [7, 11) is 0. The largest absolute Gasteiger partial charge is 0.444 e. The van der Waals surface area contributed by atoms with Crippen LogP contribution in [0.25, 0.3) is 0 Å². The maximum atomic E-state index is 11.6. The number of nitro groups is 1. The molecule has 19 heavy (non-hydrogen) atoms. The van der Waals surface area contributed by atoms with Gasteiger partial charge in [0.25, 0.3) is 0 Å². The van der Waals surface area contributed by atoms with Crippen molar-refractivity contribution in [2.45, 2.75) is 39.8 Å². The highest BCUT2D eigenvalue weighted by Crippen LogP contribution is 2.18. The Hall–Kier alpha value is -2.11. The lowest BCUT2D eigenvalue weighted by atomic mass is 10.1. The van der Waals surface area contributed by atoms with Gasteiger partial charge in [0.15, 0.2) is 0 Å². The number of hydrogen-bond donors (Lipinski definition) is 1. The number of hydrogen-bond acceptors (Lipinski definition) is 4. The Bertz CT molecular complexity index is 492. The van der Waals surface area contributed by atoms with Crippen molar-refractivity contribution in [3.05, 3.63) is 39.4 Å². The highest BCUT2D eigenvalue weighted by atomic mass is 16.6. The first kappa shape index (κ1) is 14.9. The molecule has 0 unspecified atom stereocenters. The van der Waals surface area contributed by atoms with E-state index in [1.165, 1.54) is 0 Å². The lowest BCUT2D eigenvalue weighted by Gasteiger charge is -2.20. The van der Waals surface area contributed by atoms with Crippen molar-refractivity contribution in [1.82, 2.24) is 0 Å². The molecule has 0 fully saturated rings. The molecular formula is C13H18N2O4. The van der Waals surface area contributed by atoms with Gasteiger partial charge in [-0.1, -0.05) is 6.07 Å². The molecule has 0 bridgehead atoms. The summed E-state index contributed by atoms with van der Waals surface area (Å²) in [6.45, 7) is 6.88. The van der Waals surface area contributed by atoms with Crippen LogP contribution in [0.3, 0.4) is 0 Å². The maximum Gasteiger partial charge on any atom is 0.412 e. The number of anilines is 1. The normalized spacial score (nSPS) is 10.9. The molecule has 0 aliphatic carbocycles. The molecule has 1 amide bonds. The number of amides is 1. The lowest BCUT2D eigenvalue weighted by molar-refractivity contribution is -0.496. The quantitative estimate of drug-likeness (QED) is 0.673. The van der Waals surface area contributed by atoms with Crippen molar-refractivity contribution in [1.29, 1.82) is 0 Å². The molecule has 1 rings (SSSR count). The lowest BCUT2D eigenvalue weighted by Crippen LogP contribution is -2.27. The highest BCUT2D eigenvalue weighted by Gasteiger charge is 2.16. The van der Waals surface area contributed by atoms with Gasteiger partial charge < -0.3 is 4.74 Å². The van der Waals surface area contributed by atoms with Crippen molar-refractivity contribution < 1.29 is 14.5 Å². The summed E-state index contributed by atoms with van der Waals surface area (Å²) in [4.78, 5) is 21.6. The second kappa shape index (κ2) is 5.69. The molecule has 104 valence electrons. The third kappa shape index (κ3) is 5.37. The Morgan fingerprint density at radius 1 is 1.42 bits per heavy atom. The van der Waals surface area contributed by atoms with E-state index in [4.69, 9.17) is 4.74 Å². The van der Waals surface area contributed by atoms with Gasteiger partial charge >= 0.3 is 6.09 Å². The monoisotopic (exact) mass is 266 g/mol. The summed E-state index contributed by atoms with van der Waals surface area (Å²) in [5, 5.41) is 13.0. The van der Waals surface area contributed by atoms with E-state index in [2.05, 4.69) is 5.32 Å². The second-order valence-electron chi connectivity index (χ2n) is 5.27. The van der Waals surface area contributed by atoms with Crippen LogP contribution in [-0.2, 0) is 11.3 Å². The molecule has 0 heterocycles. The van der Waals surface area contributed by atoms with Crippen molar-refractivity contribution >= 4 is 11.8 Å². The van der Waals surface area contributed by atoms with Crippen LogP contribution in [0.2, 0.25) is 0 Å². The molecule has 1 aromatic carbocycles. The first-order valence-electron chi connectivity index (χ1n) is 5.89. The first-order chi connectivity index (χ1) is 8.67.